The summed E-state index contributed by atoms with van der Waals surface area (Å²) in [5.74, 6) is -0.311. The summed E-state index contributed by atoms with van der Waals surface area (Å²) in [6, 6.07) is 7.06. The molecule has 0 unspecified atom stereocenters. The lowest BCUT2D eigenvalue weighted by Gasteiger charge is -2.24. The molecule has 0 spiro atoms. The van der Waals surface area contributed by atoms with Crippen molar-refractivity contribution in [3.05, 3.63) is 46.8 Å². The predicted molar refractivity (Wildman–Crippen MR) is 76.6 cm³/mol. The Morgan fingerprint density at radius 3 is 2.59 bits per heavy atom. The summed E-state index contributed by atoms with van der Waals surface area (Å²) in [6.45, 7) is 5.38. The summed E-state index contributed by atoms with van der Waals surface area (Å²) in [5.41, 5.74) is 1.68. The van der Waals surface area contributed by atoms with Crippen molar-refractivity contribution in [1.82, 2.24) is 20.5 Å². The Balaban J connectivity index is 1.94. The van der Waals surface area contributed by atoms with Crippen molar-refractivity contribution in [3.8, 4) is 0 Å². The number of carbonyl (C=O) groups excluding carboxylic acids is 2. The van der Waals surface area contributed by atoms with Gasteiger partial charge < -0.3 is 5.32 Å². The van der Waals surface area contributed by atoms with E-state index in [1.165, 1.54) is 0 Å². The van der Waals surface area contributed by atoms with Crippen molar-refractivity contribution in [1.29, 1.82) is 0 Å². The van der Waals surface area contributed by atoms with Crippen LogP contribution in [-0.2, 0) is 16.9 Å². The molecule has 0 radical (unpaired) electrons. The molecule has 7 heteroatoms. The van der Waals surface area contributed by atoms with Crippen LogP contribution in [0, 0.1) is 13.8 Å². The van der Waals surface area contributed by atoms with E-state index in [1.54, 1.807) is 13.8 Å². The first-order chi connectivity index (χ1) is 10.4. The second-order valence-electron chi connectivity index (χ2n) is 5.56. The molecule has 2 aromatic rings. The predicted octanol–water partition coefficient (Wildman–Crippen LogP) is 1.65. The van der Waals surface area contributed by atoms with Crippen molar-refractivity contribution in [3.63, 3.8) is 0 Å². The molecule has 0 saturated carbocycles. The molecule has 0 aliphatic carbocycles. The number of amides is 3. The van der Waals surface area contributed by atoms with E-state index in [-0.39, 0.29) is 12.5 Å². The van der Waals surface area contributed by atoms with Crippen LogP contribution in [0.25, 0.3) is 0 Å². The highest BCUT2D eigenvalue weighted by Crippen LogP contribution is 2.31. The van der Waals surface area contributed by atoms with Gasteiger partial charge in [0.1, 0.15) is 16.9 Å². The number of imide groups is 1. The summed E-state index contributed by atoms with van der Waals surface area (Å²) < 4.78 is 4.61. The van der Waals surface area contributed by atoms with Gasteiger partial charge in [-0.3, -0.25) is 9.69 Å². The molecule has 0 bridgehead atoms. The zero-order valence-electron chi connectivity index (χ0n) is 12.6. The number of nitrogens with one attached hydrogen (secondary N) is 1. The van der Waals surface area contributed by atoms with Gasteiger partial charge in [0.05, 0.1) is 6.54 Å². The summed E-state index contributed by atoms with van der Waals surface area (Å²) in [6.07, 6.45) is 0. The number of nitrogens with zero attached hydrogens (tertiary/aromatic N) is 3. The third-order valence-corrected chi connectivity index (χ3v) is 4.01. The second kappa shape index (κ2) is 4.94. The molecule has 1 saturated heterocycles. The van der Waals surface area contributed by atoms with E-state index < -0.39 is 11.6 Å². The number of rotatable bonds is 3. The topological polar surface area (TPSA) is 88.3 Å². The molecule has 114 valence electrons. The molecular weight excluding hydrogens is 284 g/mol. The Morgan fingerprint density at radius 1 is 1.23 bits per heavy atom. The summed E-state index contributed by atoms with van der Waals surface area (Å²) in [5, 5.41) is 10.2. The van der Waals surface area contributed by atoms with Crippen molar-refractivity contribution in [2.24, 2.45) is 0 Å². The zero-order valence-corrected chi connectivity index (χ0v) is 12.6. The van der Waals surface area contributed by atoms with Crippen LogP contribution in [0.2, 0.25) is 0 Å². The highest BCUT2D eigenvalue weighted by Gasteiger charge is 2.49. The lowest BCUT2D eigenvalue weighted by atomic mass is 9.88. The average Bonchev–Trinajstić information content (AvgIpc) is 2.97. The fourth-order valence-electron chi connectivity index (χ4n) is 2.70. The number of hydrogen-bond donors (Lipinski definition) is 1. The quantitative estimate of drug-likeness (QED) is 0.871. The Hall–Kier alpha value is -2.70. The molecule has 7 nitrogen and oxygen atoms in total. The number of carbonyl (C=O) groups is 2. The van der Waals surface area contributed by atoms with Gasteiger partial charge >= 0.3 is 6.03 Å². The molecule has 1 aliphatic heterocycles. The van der Waals surface area contributed by atoms with Gasteiger partial charge in [0.15, 0.2) is 0 Å². The fraction of sp³-hybridized carbons (Fsp3) is 0.333. The van der Waals surface area contributed by atoms with E-state index in [9.17, 15) is 9.59 Å². The molecule has 3 rings (SSSR count). The van der Waals surface area contributed by atoms with E-state index in [4.69, 9.17) is 0 Å². The summed E-state index contributed by atoms with van der Waals surface area (Å²) in [7, 11) is 0. The zero-order chi connectivity index (χ0) is 15.9. The highest BCUT2D eigenvalue weighted by atomic mass is 16.6. The molecule has 3 amide bonds. The molecule has 22 heavy (non-hydrogen) atoms. The van der Waals surface area contributed by atoms with Crippen LogP contribution in [-0.4, -0.2) is 27.2 Å². The van der Waals surface area contributed by atoms with Gasteiger partial charge in [0.2, 0.25) is 0 Å². The maximum absolute atomic E-state index is 12.8. The van der Waals surface area contributed by atoms with E-state index in [2.05, 4.69) is 20.3 Å². The van der Waals surface area contributed by atoms with Crippen molar-refractivity contribution >= 4 is 11.9 Å². The second-order valence-corrected chi connectivity index (χ2v) is 5.56. The molecule has 2 heterocycles. The van der Waals surface area contributed by atoms with Crippen LogP contribution >= 0.6 is 0 Å². The van der Waals surface area contributed by atoms with E-state index in [0.717, 1.165) is 16.0 Å². The molecule has 1 atom stereocenters. The van der Waals surface area contributed by atoms with Gasteiger partial charge in [-0.1, -0.05) is 34.6 Å². The number of urea groups is 1. The first-order valence-corrected chi connectivity index (χ1v) is 6.91. The van der Waals surface area contributed by atoms with Gasteiger partial charge in [-0.15, -0.1) is 0 Å². The largest absolute Gasteiger partial charge is 0.325 e. The molecular formula is C15H16N4O3. The number of hydrogen-bond acceptors (Lipinski definition) is 5. The van der Waals surface area contributed by atoms with Gasteiger partial charge in [0, 0.05) is 0 Å². The Kier molecular flexibility index (Phi) is 3.20. The monoisotopic (exact) mass is 300 g/mol. The van der Waals surface area contributed by atoms with Crippen LogP contribution in [0.15, 0.2) is 28.9 Å². The standard InChI is InChI=1S/C15H16N4O3/c1-9-6-4-5-7-11(9)15(3)13(20)19(14(21)16-15)8-12-10(2)17-22-18-12/h4-7H,8H2,1-3H3,(H,16,21)/t15-/m1/s1. The van der Waals surface area contributed by atoms with Crippen molar-refractivity contribution < 1.29 is 14.2 Å². The normalized spacial score (nSPS) is 21.3. The molecule has 1 fully saturated rings. The van der Waals surface area contributed by atoms with E-state index in [1.807, 2.05) is 31.2 Å². The minimum absolute atomic E-state index is 0.0431. The molecule has 1 aliphatic rings. The van der Waals surface area contributed by atoms with Crippen molar-refractivity contribution in [2.75, 3.05) is 0 Å². The lowest BCUT2D eigenvalue weighted by Crippen LogP contribution is -2.41. The maximum Gasteiger partial charge on any atom is 0.325 e. The Morgan fingerprint density at radius 2 is 1.95 bits per heavy atom. The minimum Gasteiger partial charge on any atom is -0.319 e. The third-order valence-electron chi connectivity index (χ3n) is 4.01. The van der Waals surface area contributed by atoms with E-state index >= 15 is 0 Å². The minimum atomic E-state index is -1.08. The van der Waals surface area contributed by atoms with Crippen molar-refractivity contribution in [2.45, 2.75) is 32.9 Å². The highest BCUT2D eigenvalue weighted by molar-refractivity contribution is 6.07. The van der Waals surface area contributed by atoms with Gasteiger partial charge in [0.25, 0.3) is 5.91 Å². The van der Waals surface area contributed by atoms with Crippen LogP contribution in [0.3, 0.4) is 0 Å². The van der Waals surface area contributed by atoms with Crippen LogP contribution < -0.4 is 5.32 Å². The van der Waals surface area contributed by atoms with Crippen LogP contribution in [0.5, 0.6) is 0 Å². The Labute approximate surface area is 127 Å². The first-order valence-electron chi connectivity index (χ1n) is 6.91. The maximum atomic E-state index is 12.8. The lowest BCUT2D eigenvalue weighted by molar-refractivity contribution is -0.131. The van der Waals surface area contributed by atoms with Crippen LogP contribution in [0.1, 0.15) is 29.4 Å². The van der Waals surface area contributed by atoms with Gasteiger partial charge in [-0.2, -0.15) is 0 Å². The SMILES string of the molecule is Cc1ccccc1[C@@]1(C)NC(=O)N(Cc2nonc2C)C1=O. The number of benzene rings is 1. The van der Waals surface area contributed by atoms with Gasteiger partial charge in [-0.05, 0) is 31.9 Å². The van der Waals surface area contributed by atoms with Crippen LogP contribution in [0.4, 0.5) is 4.79 Å². The summed E-state index contributed by atoms with van der Waals surface area (Å²) in [4.78, 5) is 26.2. The molecule has 1 aromatic carbocycles. The summed E-state index contributed by atoms with van der Waals surface area (Å²) >= 11 is 0. The first kappa shape index (κ1) is 14.2. The average molecular weight is 300 g/mol. The van der Waals surface area contributed by atoms with E-state index in [0.29, 0.717) is 11.4 Å². The fourth-order valence-corrected chi connectivity index (χ4v) is 2.70. The molecule has 1 aromatic heterocycles. The number of aromatic nitrogens is 2. The third kappa shape index (κ3) is 2.05. The Bertz CT molecular complexity index is 755. The van der Waals surface area contributed by atoms with Gasteiger partial charge in [-0.25, -0.2) is 9.42 Å². The molecule has 1 N–H and O–H groups in total. The number of aryl methyl sites for hydroxylation is 2. The smallest absolute Gasteiger partial charge is 0.319 e.